The highest BCUT2D eigenvalue weighted by molar-refractivity contribution is 9.09. The molecule has 1 aliphatic rings. The van der Waals surface area contributed by atoms with Crippen molar-refractivity contribution < 1.29 is 14.3 Å². The maximum absolute atomic E-state index is 11.6. The van der Waals surface area contributed by atoms with Crippen LogP contribution in [-0.2, 0) is 14.3 Å². The predicted molar refractivity (Wildman–Crippen MR) is 70.9 cm³/mol. The third kappa shape index (κ3) is 4.19. The van der Waals surface area contributed by atoms with E-state index in [1.165, 1.54) is 7.11 Å². The predicted octanol–water partition coefficient (Wildman–Crippen LogP) is 3.20. The van der Waals surface area contributed by atoms with Gasteiger partial charge in [-0.05, 0) is 32.8 Å². The van der Waals surface area contributed by atoms with Crippen LogP contribution < -0.4 is 0 Å². The third-order valence-corrected chi connectivity index (χ3v) is 3.15. The van der Waals surface area contributed by atoms with Gasteiger partial charge in [-0.2, -0.15) is 0 Å². The number of hydrogen-bond acceptors (Lipinski definition) is 3. The molecule has 0 spiro atoms. The van der Waals surface area contributed by atoms with Crippen LogP contribution in [0.5, 0.6) is 0 Å². The van der Waals surface area contributed by atoms with Gasteiger partial charge in [-0.25, -0.2) is 0 Å². The topological polar surface area (TPSA) is 35.5 Å². The molecule has 0 aliphatic heterocycles. The fourth-order valence-corrected chi connectivity index (χ4v) is 2.24. The first kappa shape index (κ1) is 14.3. The van der Waals surface area contributed by atoms with Gasteiger partial charge in [-0.3, -0.25) is 4.79 Å². The zero-order valence-electron chi connectivity index (χ0n) is 10.5. The van der Waals surface area contributed by atoms with Crippen LogP contribution in [0.2, 0.25) is 0 Å². The Morgan fingerprint density at radius 3 is 2.82 bits per heavy atom. The number of methoxy groups -OCH3 is 1. The van der Waals surface area contributed by atoms with Gasteiger partial charge in [0.1, 0.15) is 5.76 Å². The van der Waals surface area contributed by atoms with Crippen molar-refractivity contribution in [2.24, 2.45) is 5.92 Å². The Kier molecular flexibility index (Phi) is 5.75. The Hall–Kier alpha value is -0.770. The molecule has 0 fully saturated rings. The first-order valence-electron chi connectivity index (χ1n) is 5.80. The molecular formula is C13H19BrO3. The number of carbonyl (C=O) groups is 1. The fraction of sp³-hybridized carbons (Fsp3) is 0.615. The third-order valence-electron chi connectivity index (χ3n) is 2.55. The van der Waals surface area contributed by atoms with E-state index in [1.54, 1.807) is 0 Å². The van der Waals surface area contributed by atoms with Crippen molar-refractivity contribution in [3.63, 3.8) is 0 Å². The first-order valence-corrected chi connectivity index (χ1v) is 6.92. The molecule has 17 heavy (non-hydrogen) atoms. The molecule has 0 aromatic rings. The van der Waals surface area contributed by atoms with Crippen molar-refractivity contribution in [3.05, 3.63) is 23.5 Å². The highest BCUT2D eigenvalue weighted by atomic mass is 79.9. The van der Waals surface area contributed by atoms with Gasteiger partial charge in [0.05, 0.1) is 19.1 Å². The minimum absolute atomic E-state index is 0.0973. The molecule has 1 rings (SSSR count). The van der Waals surface area contributed by atoms with Crippen molar-refractivity contribution in [3.8, 4) is 0 Å². The van der Waals surface area contributed by atoms with Crippen LogP contribution in [0.3, 0.4) is 0 Å². The van der Waals surface area contributed by atoms with Crippen molar-refractivity contribution in [2.75, 3.05) is 12.4 Å². The van der Waals surface area contributed by atoms with E-state index in [9.17, 15) is 4.79 Å². The lowest BCUT2D eigenvalue weighted by Crippen LogP contribution is -2.15. The van der Waals surface area contributed by atoms with Crippen LogP contribution in [0.25, 0.3) is 0 Å². The summed E-state index contributed by atoms with van der Waals surface area (Å²) < 4.78 is 10.5. The molecule has 1 unspecified atom stereocenters. The molecule has 0 aromatic heterocycles. The minimum Gasteiger partial charge on any atom is -0.491 e. The van der Waals surface area contributed by atoms with Crippen LogP contribution in [0.15, 0.2) is 23.5 Å². The van der Waals surface area contributed by atoms with Gasteiger partial charge >= 0.3 is 5.97 Å². The minimum atomic E-state index is -0.207. The smallest absolute Gasteiger partial charge is 0.312 e. The van der Waals surface area contributed by atoms with E-state index >= 15 is 0 Å². The zero-order chi connectivity index (χ0) is 12.8. The monoisotopic (exact) mass is 302 g/mol. The average Bonchev–Trinajstić information content (AvgIpc) is 2.49. The number of hydrogen-bond donors (Lipinski definition) is 0. The standard InChI is InChI=1S/C13H19BrO3/c1-9(2)17-12-7-10(13(15)16-3)5-4-6-11(12)8-14/h6-7,9-10H,4-5,8H2,1-3H3. The quantitative estimate of drug-likeness (QED) is 0.591. The number of allylic oxidation sites excluding steroid dienone is 2. The van der Waals surface area contributed by atoms with Crippen LogP contribution in [-0.4, -0.2) is 24.5 Å². The van der Waals surface area contributed by atoms with Crippen LogP contribution in [0.1, 0.15) is 26.7 Å². The summed E-state index contributed by atoms with van der Waals surface area (Å²) in [5.41, 5.74) is 1.10. The van der Waals surface area contributed by atoms with Gasteiger partial charge in [0.25, 0.3) is 0 Å². The molecule has 0 bridgehead atoms. The molecule has 96 valence electrons. The molecule has 0 amide bonds. The molecule has 3 nitrogen and oxygen atoms in total. The number of carbonyl (C=O) groups excluding carboxylic acids is 1. The number of rotatable bonds is 4. The van der Waals surface area contributed by atoms with Crippen molar-refractivity contribution in [1.82, 2.24) is 0 Å². The van der Waals surface area contributed by atoms with E-state index in [0.29, 0.717) is 0 Å². The van der Waals surface area contributed by atoms with E-state index in [-0.39, 0.29) is 18.0 Å². The van der Waals surface area contributed by atoms with Gasteiger partial charge in [-0.1, -0.05) is 22.0 Å². The lowest BCUT2D eigenvalue weighted by atomic mass is 10.0. The molecule has 1 atom stereocenters. The fourth-order valence-electron chi connectivity index (χ4n) is 1.74. The first-order chi connectivity index (χ1) is 8.08. The summed E-state index contributed by atoms with van der Waals surface area (Å²) in [6.07, 6.45) is 5.73. The summed E-state index contributed by atoms with van der Waals surface area (Å²) in [6.45, 7) is 3.95. The SMILES string of the molecule is COC(=O)C1C=C(OC(C)C)C(CBr)=CCC1. The second-order valence-electron chi connectivity index (χ2n) is 4.27. The Balaban J connectivity index is 2.92. The number of alkyl halides is 1. The number of ether oxygens (including phenoxy) is 2. The molecule has 0 saturated heterocycles. The van der Waals surface area contributed by atoms with Crippen molar-refractivity contribution in [1.29, 1.82) is 0 Å². The van der Waals surface area contributed by atoms with Crippen LogP contribution >= 0.6 is 15.9 Å². The average molecular weight is 303 g/mol. The molecule has 0 radical (unpaired) electrons. The summed E-state index contributed by atoms with van der Waals surface area (Å²) >= 11 is 3.44. The normalized spacial score (nSPS) is 20.4. The summed E-state index contributed by atoms with van der Waals surface area (Å²) in [5, 5.41) is 0.736. The second-order valence-corrected chi connectivity index (χ2v) is 4.83. The van der Waals surface area contributed by atoms with E-state index in [4.69, 9.17) is 9.47 Å². The molecule has 0 heterocycles. The van der Waals surface area contributed by atoms with Gasteiger partial charge in [-0.15, -0.1) is 0 Å². The maximum atomic E-state index is 11.6. The van der Waals surface area contributed by atoms with E-state index < -0.39 is 0 Å². The van der Waals surface area contributed by atoms with Crippen molar-refractivity contribution >= 4 is 21.9 Å². The highest BCUT2D eigenvalue weighted by Gasteiger charge is 2.21. The molecule has 0 saturated carbocycles. The van der Waals surface area contributed by atoms with Crippen LogP contribution in [0.4, 0.5) is 0 Å². The summed E-state index contributed by atoms with van der Waals surface area (Å²) in [4.78, 5) is 11.6. The van der Waals surface area contributed by atoms with Gasteiger partial charge < -0.3 is 9.47 Å². The second kappa shape index (κ2) is 6.84. The number of halogens is 1. The van der Waals surface area contributed by atoms with Gasteiger partial charge in [0.2, 0.25) is 0 Å². The lowest BCUT2D eigenvalue weighted by Gasteiger charge is -2.16. The Labute approximate surface area is 111 Å². The Bertz CT molecular complexity index is 332. The van der Waals surface area contributed by atoms with Crippen LogP contribution in [0, 0.1) is 5.92 Å². The van der Waals surface area contributed by atoms with E-state index in [1.807, 2.05) is 19.9 Å². The Morgan fingerprint density at radius 2 is 2.29 bits per heavy atom. The maximum Gasteiger partial charge on any atom is 0.312 e. The van der Waals surface area contributed by atoms with E-state index in [0.717, 1.165) is 29.5 Å². The van der Waals surface area contributed by atoms with Gasteiger partial charge in [0.15, 0.2) is 0 Å². The molecule has 1 aliphatic carbocycles. The number of esters is 1. The molecule has 0 aromatic carbocycles. The Morgan fingerprint density at radius 1 is 1.59 bits per heavy atom. The highest BCUT2D eigenvalue weighted by Crippen LogP contribution is 2.26. The van der Waals surface area contributed by atoms with Crippen molar-refractivity contribution in [2.45, 2.75) is 32.8 Å². The lowest BCUT2D eigenvalue weighted by molar-refractivity contribution is -0.143. The summed E-state index contributed by atoms with van der Waals surface area (Å²) in [7, 11) is 1.42. The largest absolute Gasteiger partial charge is 0.491 e. The van der Waals surface area contributed by atoms with E-state index in [2.05, 4.69) is 22.0 Å². The van der Waals surface area contributed by atoms with Gasteiger partial charge in [0, 0.05) is 10.9 Å². The summed E-state index contributed by atoms with van der Waals surface area (Å²) in [6, 6.07) is 0. The molecule has 0 N–H and O–H groups in total. The molecule has 4 heteroatoms. The zero-order valence-corrected chi connectivity index (χ0v) is 12.1. The summed E-state index contributed by atoms with van der Waals surface area (Å²) in [5.74, 6) is 0.394. The molecular weight excluding hydrogens is 284 g/mol.